The van der Waals surface area contributed by atoms with Crippen LogP contribution < -0.4 is 0 Å². The lowest BCUT2D eigenvalue weighted by atomic mass is 9.92. The van der Waals surface area contributed by atoms with Gasteiger partial charge in [0.2, 0.25) is 0 Å². The van der Waals surface area contributed by atoms with E-state index in [1.165, 1.54) is 4.90 Å². The molecule has 0 spiro atoms. The molecule has 4 heteroatoms. The highest BCUT2D eigenvalue weighted by molar-refractivity contribution is 5.65. The molecule has 0 bridgehead atoms. The van der Waals surface area contributed by atoms with Gasteiger partial charge in [0.1, 0.15) is 0 Å². The van der Waals surface area contributed by atoms with Gasteiger partial charge in [-0.1, -0.05) is 30.3 Å². The van der Waals surface area contributed by atoms with E-state index >= 15 is 0 Å². The zero-order valence-electron chi connectivity index (χ0n) is 10.3. The van der Waals surface area contributed by atoms with Gasteiger partial charge in [-0.25, -0.2) is 4.79 Å². The van der Waals surface area contributed by atoms with E-state index in [2.05, 4.69) is 0 Å². The molecule has 0 aromatic heterocycles. The van der Waals surface area contributed by atoms with Gasteiger partial charge >= 0.3 is 6.09 Å². The van der Waals surface area contributed by atoms with Gasteiger partial charge in [0.25, 0.3) is 0 Å². The molecule has 0 heterocycles. The van der Waals surface area contributed by atoms with Gasteiger partial charge in [-0.05, 0) is 31.2 Å². The molecule has 2 atom stereocenters. The zero-order chi connectivity index (χ0) is 13.0. The van der Waals surface area contributed by atoms with Crippen LogP contribution in [-0.2, 0) is 6.54 Å². The van der Waals surface area contributed by atoms with Crippen molar-refractivity contribution in [3.05, 3.63) is 35.9 Å². The van der Waals surface area contributed by atoms with Crippen LogP contribution in [0.2, 0.25) is 0 Å². The first-order chi connectivity index (χ1) is 8.66. The first-order valence-electron chi connectivity index (χ1n) is 6.38. The molecule has 1 fully saturated rings. The average Bonchev–Trinajstić information content (AvgIpc) is 2.37. The summed E-state index contributed by atoms with van der Waals surface area (Å²) in [7, 11) is 0. The summed E-state index contributed by atoms with van der Waals surface area (Å²) in [5.41, 5.74) is 0.986. The number of carboxylic acid groups (broad SMARTS) is 1. The summed E-state index contributed by atoms with van der Waals surface area (Å²) in [5, 5.41) is 19.0. The quantitative estimate of drug-likeness (QED) is 0.865. The lowest BCUT2D eigenvalue weighted by molar-refractivity contribution is 0.0567. The monoisotopic (exact) mass is 249 g/mol. The summed E-state index contributed by atoms with van der Waals surface area (Å²) in [6.07, 6.45) is 1.81. The van der Waals surface area contributed by atoms with Crippen molar-refractivity contribution in [3.63, 3.8) is 0 Å². The summed E-state index contributed by atoms with van der Waals surface area (Å²) < 4.78 is 0. The Morgan fingerprint density at radius 2 is 2.00 bits per heavy atom. The largest absolute Gasteiger partial charge is 0.465 e. The Balaban J connectivity index is 2.06. The van der Waals surface area contributed by atoms with Crippen molar-refractivity contribution < 1.29 is 15.0 Å². The minimum Gasteiger partial charge on any atom is -0.465 e. The number of hydrogen-bond donors (Lipinski definition) is 2. The van der Waals surface area contributed by atoms with Crippen molar-refractivity contribution in [1.82, 2.24) is 4.90 Å². The number of rotatable bonds is 3. The Labute approximate surface area is 107 Å². The van der Waals surface area contributed by atoms with Crippen molar-refractivity contribution in [2.45, 2.75) is 44.4 Å². The first kappa shape index (κ1) is 12.9. The topological polar surface area (TPSA) is 60.8 Å². The predicted molar refractivity (Wildman–Crippen MR) is 68.3 cm³/mol. The number of aliphatic hydroxyl groups excluding tert-OH is 1. The van der Waals surface area contributed by atoms with Crippen molar-refractivity contribution in [1.29, 1.82) is 0 Å². The van der Waals surface area contributed by atoms with E-state index in [9.17, 15) is 15.0 Å². The molecular weight excluding hydrogens is 230 g/mol. The van der Waals surface area contributed by atoms with Crippen molar-refractivity contribution >= 4 is 6.09 Å². The van der Waals surface area contributed by atoms with Crippen LogP contribution in [0.3, 0.4) is 0 Å². The number of nitrogens with zero attached hydrogens (tertiary/aromatic N) is 1. The summed E-state index contributed by atoms with van der Waals surface area (Å²) >= 11 is 0. The third-order valence-electron chi connectivity index (χ3n) is 3.50. The average molecular weight is 249 g/mol. The summed E-state index contributed by atoms with van der Waals surface area (Å²) in [4.78, 5) is 12.8. The second-order valence-electron chi connectivity index (χ2n) is 4.87. The summed E-state index contributed by atoms with van der Waals surface area (Å²) in [6, 6.07) is 9.52. The van der Waals surface area contributed by atoms with E-state index in [0.717, 1.165) is 24.8 Å². The molecule has 0 aliphatic heterocycles. The summed E-state index contributed by atoms with van der Waals surface area (Å²) in [6.45, 7) is 0.396. The van der Waals surface area contributed by atoms with E-state index < -0.39 is 6.09 Å². The molecule has 1 aromatic carbocycles. The third-order valence-corrected chi connectivity index (χ3v) is 3.50. The Bertz CT molecular complexity index is 393. The summed E-state index contributed by atoms with van der Waals surface area (Å²) in [5.74, 6) is 0. The van der Waals surface area contributed by atoms with Gasteiger partial charge in [0, 0.05) is 12.6 Å². The molecule has 18 heavy (non-hydrogen) atoms. The Morgan fingerprint density at radius 1 is 1.28 bits per heavy atom. The minimum absolute atomic E-state index is 0.0635. The smallest absolute Gasteiger partial charge is 0.407 e. The molecule has 1 aromatic rings. The van der Waals surface area contributed by atoms with Gasteiger partial charge < -0.3 is 15.1 Å². The number of aliphatic hydroxyl groups is 1. The molecule has 2 rings (SSSR count). The van der Waals surface area contributed by atoms with Crippen LogP contribution >= 0.6 is 0 Å². The van der Waals surface area contributed by atoms with E-state index in [1.807, 2.05) is 30.3 Å². The normalized spacial score (nSPS) is 23.6. The molecular formula is C14H19NO3. The van der Waals surface area contributed by atoms with Crippen molar-refractivity contribution in [2.24, 2.45) is 0 Å². The fourth-order valence-corrected chi connectivity index (χ4v) is 2.55. The number of hydrogen-bond acceptors (Lipinski definition) is 2. The van der Waals surface area contributed by atoms with Crippen LogP contribution in [0.4, 0.5) is 4.79 Å². The van der Waals surface area contributed by atoms with Crippen LogP contribution in [0.1, 0.15) is 31.2 Å². The molecule has 1 aliphatic rings. The van der Waals surface area contributed by atoms with Crippen LogP contribution in [-0.4, -0.2) is 33.4 Å². The van der Waals surface area contributed by atoms with E-state index in [1.54, 1.807) is 0 Å². The van der Waals surface area contributed by atoms with Gasteiger partial charge in [-0.2, -0.15) is 0 Å². The highest BCUT2D eigenvalue weighted by Crippen LogP contribution is 2.24. The van der Waals surface area contributed by atoms with Crippen molar-refractivity contribution in [2.75, 3.05) is 0 Å². The maximum absolute atomic E-state index is 11.4. The molecule has 0 radical (unpaired) electrons. The van der Waals surface area contributed by atoms with Gasteiger partial charge in [0.05, 0.1) is 6.10 Å². The first-order valence-corrected chi connectivity index (χ1v) is 6.38. The molecule has 1 amide bonds. The SMILES string of the molecule is O=C(O)N(Cc1ccccc1)[C@@H]1CCC[C@H](O)C1. The molecule has 1 saturated carbocycles. The molecule has 0 saturated heterocycles. The Kier molecular flexibility index (Phi) is 4.20. The Morgan fingerprint density at radius 3 is 2.61 bits per heavy atom. The van der Waals surface area contributed by atoms with Gasteiger partial charge in [0.15, 0.2) is 0 Å². The van der Waals surface area contributed by atoms with Crippen LogP contribution in [0.15, 0.2) is 30.3 Å². The molecule has 4 nitrogen and oxygen atoms in total. The fourth-order valence-electron chi connectivity index (χ4n) is 2.55. The molecule has 0 unspecified atom stereocenters. The predicted octanol–water partition coefficient (Wildman–Crippen LogP) is 2.47. The number of carbonyl (C=O) groups is 1. The fraction of sp³-hybridized carbons (Fsp3) is 0.500. The number of amides is 1. The molecule has 98 valence electrons. The van der Waals surface area contributed by atoms with E-state index in [4.69, 9.17) is 0 Å². The minimum atomic E-state index is -0.905. The zero-order valence-corrected chi connectivity index (χ0v) is 10.3. The van der Waals surface area contributed by atoms with Crippen molar-refractivity contribution in [3.8, 4) is 0 Å². The van der Waals surface area contributed by atoms with Gasteiger partial charge in [-0.3, -0.25) is 0 Å². The second-order valence-corrected chi connectivity index (χ2v) is 4.87. The standard InChI is InChI=1S/C14H19NO3/c16-13-8-4-7-12(9-13)15(14(17)18)10-11-5-2-1-3-6-11/h1-3,5-6,12-13,16H,4,7-10H2,(H,17,18)/t12-,13+/m1/s1. The highest BCUT2D eigenvalue weighted by atomic mass is 16.4. The van der Waals surface area contributed by atoms with E-state index in [-0.39, 0.29) is 12.1 Å². The maximum Gasteiger partial charge on any atom is 0.407 e. The second kappa shape index (κ2) is 5.87. The van der Waals surface area contributed by atoms with Gasteiger partial charge in [-0.15, -0.1) is 0 Å². The Hall–Kier alpha value is -1.55. The lowest BCUT2D eigenvalue weighted by Crippen LogP contribution is -2.42. The van der Waals surface area contributed by atoms with Crippen LogP contribution in [0.5, 0.6) is 0 Å². The third kappa shape index (κ3) is 3.23. The highest BCUT2D eigenvalue weighted by Gasteiger charge is 2.28. The number of benzene rings is 1. The van der Waals surface area contributed by atoms with Crippen LogP contribution in [0, 0.1) is 0 Å². The molecule has 2 N–H and O–H groups in total. The lowest BCUT2D eigenvalue weighted by Gasteiger charge is -2.34. The molecule has 1 aliphatic carbocycles. The van der Waals surface area contributed by atoms with E-state index in [0.29, 0.717) is 13.0 Å². The maximum atomic E-state index is 11.4. The van der Waals surface area contributed by atoms with Crippen LogP contribution in [0.25, 0.3) is 0 Å².